The molecule has 1 aromatic heterocycles. The summed E-state index contributed by atoms with van der Waals surface area (Å²) >= 11 is 0. The molecule has 1 aliphatic heterocycles. The predicted octanol–water partition coefficient (Wildman–Crippen LogP) is 0.652. The highest BCUT2D eigenvalue weighted by Crippen LogP contribution is 2.18. The van der Waals surface area contributed by atoms with Crippen molar-refractivity contribution in [3.8, 4) is 0 Å². The fourth-order valence-electron chi connectivity index (χ4n) is 2.11. The summed E-state index contributed by atoms with van der Waals surface area (Å²) in [6.45, 7) is 2.13. The first-order chi connectivity index (χ1) is 7.65. The Bertz CT molecular complexity index is 377. The number of rotatable bonds is 3. The van der Waals surface area contributed by atoms with Crippen molar-refractivity contribution in [2.45, 2.75) is 19.3 Å². The Morgan fingerprint density at radius 3 is 3.12 bits per heavy atom. The van der Waals surface area contributed by atoms with Crippen molar-refractivity contribution in [3.63, 3.8) is 0 Å². The van der Waals surface area contributed by atoms with Crippen LogP contribution >= 0.6 is 0 Å². The van der Waals surface area contributed by atoms with Crippen LogP contribution in [0.1, 0.15) is 29.4 Å². The molecule has 1 fully saturated rings. The van der Waals surface area contributed by atoms with Crippen LogP contribution in [0.3, 0.4) is 0 Å². The standard InChI is InChI=1S/C10H15N3O3/c1-13-4-2-3-7(6-13)5-8-11-9(10(14)15)12-16-8/h7H,2-6H2,1H3,(H,14,15). The third-order valence-corrected chi connectivity index (χ3v) is 2.84. The summed E-state index contributed by atoms with van der Waals surface area (Å²) < 4.78 is 4.90. The van der Waals surface area contributed by atoms with E-state index in [4.69, 9.17) is 9.63 Å². The summed E-state index contributed by atoms with van der Waals surface area (Å²) in [6.07, 6.45) is 2.97. The lowest BCUT2D eigenvalue weighted by molar-refractivity contribution is 0.0680. The van der Waals surface area contributed by atoms with E-state index in [1.807, 2.05) is 0 Å². The zero-order chi connectivity index (χ0) is 11.5. The number of nitrogens with zero attached hydrogens (tertiary/aromatic N) is 3. The van der Waals surface area contributed by atoms with Crippen molar-refractivity contribution in [1.29, 1.82) is 0 Å². The second-order valence-corrected chi connectivity index (χ2v) is 4.29. The Kier molecular flexibility index (Phi) is 3.19. The minimum atomic E-state index is -1.14. The first kappa shape index (κ1) is 11.1. The number of carbonyl (C=O) groups is 1. The van der Waals surface area contributed by atoms with Crippen LogP contribution < -0.4 is 0 Å². The van der Waals surface area contributed by atoms with E-state index in [1.54, 1.807) is 0 Å². The van der Waals surface area contributed by atoms with Crippen LogP contribution in [0.4, 0.5) is 0 Å². The maximum absolute atomic E-state index is 10.6. The van der Waals surface area contributed by atoms with Crippen molar-refractivity contribution >= 4 is 5.97 Å². The van der Waals surface area contributed by atoms with Crippen molar-refractivity contribution in [2.24, 2.45) is 5.92 Å². The number of piperidine rings is 1. The van der Waals surface area contributed by atoms with E-state index in [-0.39, 0.29) is 5.82 Å². The van der Waals surface area contributed by atoms with Gasteiger partial charge in [0.2, 0.25) is 5.89 Å². The SMILES string of the molecule is CN1CCCC(Cc2nc(C(=O)O)no2)C1. The molecule has 6 heteroatoms. The lowest BCUT2D eigenvalue weighted by Crippen LogP contribution is -2.33. The predicted molar refractivity (Wildman–Crippen MR) is 55.2 cm³/mol. The molecule has 88 valence electrons. The van der Waals surface area contributed by atoms with Gasteiger partial charge in [-0.2, -0.15) is 4.98 Å². The minimum absolute atomic E-state index is 0.251. The molecule has 0 spiro atoms. The summed E-state index contributed by atoms with van der Waals surface area (Å²) in [7, 11) is 2.09. The summed E-state index contributed by atoms with van der Waals surface area (Å²) in [4.78, 5) is 16.7. The molecule has 16 heavy (non-hydrogen) atoms. The summed E-state index contributed by atoms with van der Waals surface area (Å²) in [5.41, 5.74) is 0. The normalized spacial score (nSPS) is 22.2. The fraction of sp³-hybridized carbons (Fsp3) is 0.700. The van der Waals surface area contributed by atoms with Gasteiger partial charge in [0, 0.05) is 13.0 Å². The molecule has 0 bridgehead atoms. The Hall–Kier alpha value is -1.43. The largest absolute Gasteiger partial charge is 0.475 e. The second kappa shape index (κ2) is 4.61. The number of aromatic nitrogens is 2. The van der Waals surface area contributed by atoms with Gasteiger partial charge in [0.25, 0.3) is 5.82 Å². The highest BCUT2D eigenvalue weighted by Gasteiger charge is 2.21. The quantitative estimate of drug-likeness (QED) is 0.813. The van der Waals surface area contributed by atoms with Gasteiger partial charge in [0.05, 0.1) is 0 Å². The number of hydrogen-bond donors (Lipinski definition) is 1. The van der Waals surface area contributed by atoms with Gasteiger partial charge in [0.1, 0.15) is 0 Å². The minimum Gasteiger partial charge on any atom is -0.475 e. The Morgan fingerprint density at radius 2 is 2.50 bits per heavy atom. The van der Waals surface area contributed by atoms with E-state index < -0.39 is 5.97 Å². The molecule has 1 saturated heterocycles. The van der Waals surface area contributed by atoms with Gasteiger partial charge < -0.3 is 14.5 Å². The first-order valence-electron chi connectivity index (χ1n) is 5.39. The van der Waals surface area contributed by atoms with Gasteiger partial charge in [-0.05, 0) is 37.5 Å². The fourth-order valence-corrected chi connectivity index (χ4v) is 2.11. The monoisotopic (exact) mass is 225 g/mol. The number of likely N-dealkylation sites (tertiary alicyclic amines) is 1. The van der Waals surface area contributed by atoms with E-state index >= 15 is 0 Å². The average molecular weight is 225 g/mol. The summed E-state index contributed by atoms with van der Waals surface area (Å²) in [5.74, 6) is -0.478. The van der Waals surface area contributed by atoms with Crippen molar-refractivity contribution in [3.05, 3.63) is 11.7 Å². The Morgan fingerprint density at radius 1 is 1.69 bits per heavy atom. The van der Waals surface area contributed by atoms with E-state index in [2.05, 4.69) is 22.1 Å². The molecule has 0 aliphatic carbocycles. The topological polar surface area (TPSA) is 79.5 Å². The van der Waals surface area contributed by atoms with Crippen LogP contribution in [-0.4, -0.2) is 46.3 Å². The number of aromatic carboxylic acids is 1. The molecule has 2 rings (SSSR count). The maximum Gasteiger partial charge on any atom is 0.377 e. The molecule has 1 N–H and O–H groups in total. The van der Waals surface area contributed by atoms with Crippen molar-refractivity contribution in [1.82, 2.24) is 15.0 Å². The lowest BCUT2D eigenvalue weighted by atomic mass is 9.95. The molecular formula is C10H15N3O3. The number of hydrogen-bond acceptors (Lipinski definition) is 5. The molecule has 0 aromatic carbocycles. The summed E-state index contributed by atoms with van der Waals surface area (Å²) in [5, 5.41) is 12.1. The molecule has 1 aromatic rings. The van der Waals surface area contributed by atoms with Crippen LogP contribution in [0, 0.1) is 5.92 Å². The Labute approximate surface area is 93.2 Å². The molecule has 1 atom stereocenters. The third kappa shape index (κ3) is 2.57. The molecule has 2 heterocycles. The smallest absolute Gasteiger partial charge is 0.377 e. The van der Waals surface area contributed by atoms with Gasteiger partial charge in [-0.1, -0.05) is 0 Å². The molecule has 0 amide bonds. The van der Waals surface area contributed by atoms with E-state index in [1.165, 1.54) is 6.42 Å². The van der Waals surface area contributed by atoms with E-state index in [0.717, 1.165) is 19.5 Å². The van der Waals surface area contributed by atoms with Crippen molar-refractivity contribution in [2.75, 3.05) is 20.1 Å². The lowest BCUT2D eigenvalue weighted by Gasteiger charge is -2.28. The molecule has 0 saturated carbocycles. The molecule has 1 unspecified atom stereocenters. The highest BCUT2D eigenvalue weighted by atomic mass is 16.5. The van der Waals surface area contributed by atoms with E-state index in [0.29, 0.717) is 18.2 Å². The molecule has 1 aliphatic rings. The maximum atomic E-state index is 10.6. The van der Waals surface area contributed by atoms with Crippen LogP contribution in [0.5, 0.6) is 0 Å². The third-order valence-electron chi connectivity index (χ3n) is 2.84. The van der Waals surface area contributed by atoms with Gasteiger partial charge >= 0.3 is 5.97 Å². The van der Waals surface area contributed by atoms with Gasteiger partial charge in [-0.25, -0.2) is 4.79 Å². The zero-order valence-corrected chi connectivity index (χ0v) is 9.22. The molecule has 0 radical (unpaired) electrons. The van der Waals surface area contributed by atoms with Crippen LogP contribution in [0.25, 0.3) is 0 Å². The average Bonchev–Trinajstić information content (AvgIpc) is 2.66. The molecular weight excluding hydrogens is 210 g/mol. The van der Waals surface area contributed by atoms with E-state index in [9.17, 15) is 4.79 Å². The van der Waals surface area contributed by atoms with Gasteiger partial charge in [-0.3, -0.25) is 0 Å². The highest BCUT2D eigenvalue weighted by molar-refractivity contribution is 5.82. The summed E-state index contributed by atoms with van der Waals surface area (Å²) in [6, 6.07) is 0. The van der Waals surface area contributed by atoms with Gasteiger partial charge in [0.15, 0.2) is 0 Å². The first-order valence-corrected chi connectivity index (χ1v) is 5.39. The van der Waals surface area contributed by atoms with Crippen LogP contribution in [0.2, 0.25) is 0 Å². The number of carboxylic acid groups (broad SMARTS) is 1. The van der Waals surface area contributed by atoms with Gasteiger partial charge in [-0.15, -0.1) is 0 Å². The molecule has 6 nitrogen and oxygen atoms in total. The Balaban J connectivity index is 1.95. The number of carboxylic acids is 1. The zero-order valence-electron chi connectivity index (χ0n) is 9.22. The van der Waals surface area contributed by atoms with Crippen LogP contribution in [0.15, 0.2) is 4.52 Å². The van der Waals surface area contributed by atoms with Crippen LogP contribution in [-0.2, 0) is 6.42 Å². The van der Waals surface area contributed by atoms with Crippen molar-refractivity contribution < 1.29 is 14.4 Å². The second-order valence-electron chi connectivity index (χ2n) is 4.29.